The molecule has 4 nitrogen and oxygen atoms in total. The molecule has 1 atom stereocenters. The van der Waals surface area contributed by atoms with Gasteiger partial charge in [0, 0.05) is 45.2 Å². The summed E-state index contributed by atoms with van der Waals surface area (Å²) in [6, 6.07) is 0.829. The highest BCUT2D eigenvalue weighted by Gasteiger charge is 2.50. The number of hydrogen-bond donors (Lipinski definition) is 0. The van der Waals surface area contributed by atoms with Crippen LogP contribution in [0.15, 0.2) is 0 Å². The SMILES string of the molecule is COCC1CN(C2CCC2)CC12CCN(C(=O)CSC)CC2. The maximum absolute atomic E-state index is 12.1. The Kier molecular flexibility index (Phi) is 5.35. The average molecular weight is 327 g/mol. The molecular formula is C17H30N2O2S. The Labute approximate surface area is 138 Å². The number of carbonyl (C=O) groups excluding carboxylic acids is 1. The van der Waals surface area contributed by atoms with Crippen LogP contribution in [0.25, 0.3) is 0 Å². The molecule has 3 aliphatic rings. The van der Waals surface area contributed by atoms with Crippen LogP contribution in [0.4, 0.5) is 0 Å². The van der Waals surface area contributed by atoms with E-state index < -0.39 is 0 Å². The first-order valence-electron chi connectivity index (χ1n) is 8.68. The molecular weight excluding hydrogens is 296 g/mol. The van der Waals surface area contributed by atoms with Gasteiger partial charge in [-0.05, 0) is 37.4 Å². The standard InChI is InChI=1S/C17H30N2O2S/c1-21-11-14-10-19(15-4-3-5-15)13-17(14)6-8-18(9-7-17)16(20)12-22-2/h14-15H,3-13H2,1-2H3. The van der Waals surface area contributed by atoms with Gasteiger partial charge >= 0.3 is 0 Å². The van der Waals surface area contributed by atoms with E-state index in [4.69, 9.17) is 4.74 Å². The lowest BCUT2D eigenvalue weighted by Crippen LogP contribution is -2.48. The van der Waals surface area contributed by atoms with E-state index in [1.807, 2.05) is 13.4 Å². The minimum absolute atomic E-state index is 0.319. The van der Waals surface area contributed by atoms with Crippen molar-refractivity contribution in [1.82, 2.24) is 9.80 Å². The summed E-state index contributed by atoms with van der Waals surface area (Å²) in [5.74, 6) is 1.60. The van der Waals surface area contributed by atoms with Crippen molar-refractivity contribution in [3.8, 4) is 0 Å². The van der Waals surface area contributed by atoms with Crippen molar-refractivity contribution in [3.05, 3.63) is 0 Å². The first kappa shape index (κ1) is 16.6. The molecule has 0 radical (unpaired) electrons. The van der Waals surface area contributed by atoms with Crippen LogP contribution in [0.3, 0.4) is 0 Å². The van der Waals surface area contributed by atoms with Gasteiger partial charge < -0.3 is 9.64 Å². The lowest BCUT2D eigenvalue weighted by atomic mass is 9.71. The molecule has 3 rings (SSSR count). The molecule has 1 saturated carbocycles. The normalized spacial score (nSPS) is 29.0. The molecule has 5 heteroatoms. The molecule has 2 aliphatic heterocycles. The molecule has 1 spiro atoms. The summed E-state index contributed by atoms with van der Waals surface area (Å²) in [6.07, 6.45) is 8.49. The molecule has 22 heavy (non-hydrogen) atoms. The maximum atomic E-state index is 12.1. The summed E-state index contributed by atoms with van der Waals surface area (Å²) in [6.45, 7) is 5.20. The van der Waals surface area contributed by atoms with Crippen LogP contribution >= 0.6 is 11.8 Å². The summed E-state index contributed by atoms with van der Waals surface area (Å²) in [5, 5.41) is 0. The first-order chi connectivity index (χ1) is 10.7. The monoisotopic (exact) mass is 326 g/mol. The number of amides is 1. The predicted molar refractivity (Wildman–Crippen MR) is 91.2 cm³/mol. The maximum Gasteiger partial charge on any atom is 0.232 e. The number of nitrogens with zero attached hydrogens (tertiary/aromatic N) is 2. The third kappa shape index (κ3) is 3.17. The van der Waals surface area contributed by atoms with Crippen molar-refractivity contribution in [2.45, 2.75) is 38.1 Å². The number of thioether (sulfide) groups is 1. The highest BCUT2D eigenvalue weighted by atomic mass is 32.2. The van der Waals surface area contributed by atoms with Crippen LogP contribution in [0.1, 0.15) is 32.1 Å². The molecule has 1 amide bonds. The van der Waals surface area contributed by atoms with E-state index in [1.165, 1.54) is 32.4 Å². The van der Waals surface area contributed by atoms with Crippen LogP contribution in [-0.4, -0.2) is 73.7 Å². The second kappa shape index (κ2) is 7.10. The zero-order chi connectivity index (χ0) is 15.6. The van der Waals surface area contributed by atoms with Crippen LogP contribution in [-0.2, 0) is 9.53 Å². The van der Waals surface area contributed by atoms with Gasteiger partial charge in [-0.15, -0.1) is 0 Å². The number of carbonyl (C=O) groups is 1. The van der Waals surface area contributed by atoms with Gasteiger partial charge in [0.15, 0.2) is 0 Å². The number of piperidine rings is 1. The van der Waals surface area contributed by atoms with E-state index in [0.29, 0.717) is 23.0 Å². The van der Waals surface area contributed by atoms with E-state index in [0.717, 1.165) is 38.6 Å². The van der Waals surface area contributed by atoms with Gasteiger partial charge in [-0.2, -0.15) is 11.8 Å². The fraction of sp³-hybridized carbons (Fsp3) is 0.941. The summed E-state index contributed by atoms with van der Waals surface area (Å²) >= 11 is 1.63. The van der Waals surface area contributed by atoms with Crippen molar-refractivity contribution in [2.24, 2.45) is 11.3 Å². The zero-order valence-electron chi connectivity index (χ0n) is 14.1. The summed E-state index contributed by atoms with van der Waals surface area (Å²) in [4.78, 5) is 16.9. The molecule has 0 bridgehead atoms. The molecule has 126 valence electrons. The minimum atomic E-state index is 0.319. The van der Waals surface area contributed by atoms with Crippen molar-refractivity contribution in [1.29, 1.82) is 0 Å². The fourth-order valence-electron chi connectivity index (χ4n) is 4.52. The Balaban J connectivity index is 1.62. The molecule has 0 N–H and O–H groups in total. The lowest BCUT2D eigenvalue weighted by Gasteiger charge is -2.43. The van der Waals surface area contributed by atoms with Gasteiger partial charge in [-0.25, -0.2) is 0 Å². The van der Waals surface area contributed by atoms with Gasteiger partial charge in [0.2, 0.25) is 5.91 Å². The fourth-order valence-corrected chi connectivity index (χ4v) is 4.95. The van der Waals surface area contributed by atoms with Gasteiger partial charge in [-0.1, -0.05) is 6.42 Å². The van der Waals surface area contributed by atoms with Crippen molar-refractivity contribution in [3.63, 3.8) is 0 Å². The van der Waals surface area contributed by atoms with E-state index >= 15 is 0 Å². The molecule has 2 saturated heterocycles. The number of ether oxygens (including phenoxy) is 1. The van der Waals surface area contributed by atoms with Gasteiger partial charge in [-0.3, -0.25) is 9.69 Å². The van der Waals surface area contributed by atoms with Crippen LogP contribution in [0.5, 0.6) is 0 Å². The topological polar surface area (TPSA) is 32.8 Å². The third-order valence-corrected chi connectivity index (χ3v) is 6.71. The van der Waals surface area contributed by atoms with Gasteiger partial charge in [0.05, 0.1) is 12.4 Å². The average Bonchev–Trinajstić information content (AvgIpc) is 2.76. The van der Waals surface area contributed by atoms with Crippen molar-refractivity contribution >= 4 is 17.7 Å². The molecule has 1 aliphatic carbocycles. The Bertz CT molecular complexity index is 392. The Hall–Kier alpha value is -0.260. The summed E-state index contributed by atoms with van der Waals surface area (Å²) in [5.41, 5.74) is 0.391. The number of likely N-dealkylation sites (tertiary alicyclic amines) is 2. The number of methoxy groups -OCH3 is 1. The minimum Gasteiger partial charge on any atom is -0.384 e. The molecule has 2 heterocycles. The number of rotatable bonds is 5. The predicted octanol–water partition coefficient (Wildman–Crippen LogP) is 2.09. The second-order valence-electron chi connectivity index (χ2n) is 7.34. The largest absolute Gasteiger partial charge is 0.384 e. The Morgan fingerprint density at radius 1 is 1.32 bits per heavy atom. The summed E-state index contributed by atoms with van der Waals surface area (Å²) < 4.78 is 5.54. The third-order valence-electron chi connectivity index (χ3n) is 6.18. The van der Waals surface area contributed by atoms with Gasteiger partial charge in [0.1, 0.15) is 0 Å². The van der Waals surface area contributed by atoms with Crippen molar-refractivity contribution in [2.75, 3.05) is 51.9 Å². The smallest absolute Gasteiger partial charge is 0.232 e. The molecule has 1 unspecified atom stereocenters. The van der Waals surface area contributed by atoms with Crippen LogP contribution < -0.4 is 0 Å². The van der Waals surface area contributed by atoms with E-state index in [-0.39, 0.29) is 0 Å². The second-order valence-corrected chi connectivity index (χ2v) is 8.21. The zero-order valence-corrected chi connectivity index (χ0v) is 14.9. The summed E-state index contributed by atoms with van der Waals surface area (Å²) in [7, 11) is 1.83. The molecule has 0 aromatic heterocycles. The first-order valence-corrected chi connectivity index (χ1v) is 10.1. The Morgan fingerprint density at radius 3 is 2.59 bits per heavy atom. The molecule has 0 aromatic carbocycles. The quantitative estimate of drug-likeness (QED) is 0.774. The van der Waals surface area contributed by atoms with E-state index in [1.54, 1.807) is 11.8 Å². The van der Waals surface area contributed by atoms with Crippen molar-refractivity contribution < 1.29 is 9.53 Å². The van der Waals surface area contributed by atoms with E-state index in [2.05, 4.69) is 9.80 Å². The highest BCUT2D eigenvalue weighted by Crippen LogP contribution is 2.47. The van der Waals surface area contributed by atoms with E-state index in [9.17, 15) is 4.79 Å². The van der Waals surface area contributed by atoms with Gasteiger partial charge in [0.25, 0.3) is 0 Å². The number of hydrogen-bond acceptors (Lipinski definition) is 4. The Morgan fingerprint density at radius 2 is 2.05 bits per heavy atom. The lowest BCUT2D eigenvalue weighted by molar-refractivity contribution is -0.131. The molecule has 0 aromatic rings. The van der Waals surface area contributed by atoms with Crippen LogP contribution in [0, 0.1) is 11.3 Å². The van der Waals surface area contributed by atoms with Crippen LogP contribution in [0.2, 0.25) is 0 Å². The highest BCUT2D eigenvalue weighted by molar-refractivity contribution is 7.99. The molecule has 3 fully saturated rings.